The number of nitrogens with two attached hydrogens (primary N) is 1. The molecular formula is C13H18N2O3. The molecule has 0 heterocycles. The molecule has 0 aliphatic heterocycles. The number of carbonyl (C=O) groups excluding carboxylic acids is 1. The van der Waals surface area contributed by atoms with E-state index in [2.05, 4.69) is 0 Å². The van der Waals surface area contributed by atoms with Gasteiger partial charge in [-0.25, -0.2) is 0 Å². The molecule has 1 rings (SSSR count). The summed E-state index contributed by atoms with van der Waals surface area (Å²) in [4.78, 5) is 24.1. The predicted octanol–water partition coefficient (Wildman–Crippen LogP) is 1.01. The van der Waals surface area contributed by atoms with Crippen LogP contribution in [0.15, 0.2) is 30.3 Å². The molecule has 1 aromatic rings. The number of benzene rings is 1. The van der Waals surface area contributed by atoms with Crippen molar-refractivity contribution in [1.82, 2.24) is 4.90 Å². The van der Waals surface area contributed by atoms with Crippen molar-refractivity contribution < 1.29 is 14.7 Å². The highest BCUT2D eigenvalue weighted by molar-refractivity contribution is 5.86. The van der Waals surface area contributed by atoms with Gasteiger partial charge in [0.1, 0.15) is 12.6 Å². The van der Waals surface area contributed by atoms with E-state index in [0.717, 1.165) is 0 Å². The lowest BCUT2D eigenvalue weighted by atomic mass is 10.1. The standard InChI is InChI=1S/C13H18N2O3/c1-2-8-15(9-11(16)17)13(18)12(14)10-6-4-3-5-7-10/h3-7,12H,2,8-9,14H2,1H3,(H,16,17). The highest BCUT2D eigenvalue weighted by Gasteiger charge is 2.23. The van der Waals surface area contributed by atoms with Crippen molar-refractivity contribution in [3.05, 3.63) is 35.9 Å². The van der Waals surface area contributed by atoms with Gasteiger partial charge in [0.05, 0.1) is 0 Å². The molecule has 1 aromatic carbocycles. The van der Waals surface area contributed by atoms with Gasteiger partial charge in [-0.2, -0.15) is 0 Å². The molecule has 5 heteroatoms. The van der Waals surface area contributed by atoms with Crippen molar-refractivity contribution in [2.45, 2.75) is 19.4 Å². The van der Waals surface area contributed by atoms with Crippen molar-refractivity contribution in [2.75, 3.05) is 13.1 Å². The third kappa shape index (κ3) is 3.85. The second kappa shape index (κ2) is 6.76. The second-order valence-electron chi connectivity index (χ2n) is 4.04. The van der Waals surface area contributed by atoms with E-state index in [9.17, 15) is 9.59 Å². The fourth-order valence-electron chi connectivity index (χ4n) is 1.70. The van der Waals surface area contributed by atoms with Gasteiger partial charge in [0.25, 0.3) is 0 Å². The molecule has 0 aromatic heterocycles. The van der Waals surface area contributed by atoms with Crippen LogP contribution in [0.3, 0.4) is 0 Å². The van der Waals surface area contributed by atoms with E-state index in [0.29, 0.717) is 18.5 Å². The summed E-state index contributed by atoms with van der Waals surface area (Å²) < 4.78 is 0. The summed E-state index contributed by atoms with van der Waals surface area (Å²) in [6.07, 6.45) is 0.695. The number of carboxylic acid groups (broad SMARTS) is 1. The molecule has 18 heavy (non-hydrogen) atoms. The van der Waals surface area contributed by atoms with Gasteiger partial charge in [-0.05, 0) is 12.0 Å². The number of rotatable bonds is 6. The summed E-state index contributed by atoms with van der Waals surface area (Å²) in [6.45, 7) is 1.97. The van der Waals surface area contributed by atoms with Crippen LogP contribution in [0.5, 0.6) is 0 Å². The second-order valence-corrected chi connectivity index (χ2v) is 4.04. The van der Waals surface area contributed by atoms with E-state index < -0.39 is 12.0 Å². The average molecular weight is 250 g/mol. The first-order valence-electron chi connectivity index (χ1n) is 5.87. The Morgan fingerprint density at radius 1 is 1.33 bits per heavy atom. The van der Waals surface area contributed by atoms with Crippen LogP contribution in [0.4, 0.5) is 0 Å². The van der Waals surface area contributed by atoms with E-state index >= 15 is 0 Å². The number of amides is 1. The lowest BCUT2D eigenvalue weighted by Crippen LogP contribution is -2.41. The predicted molar refractivity (Wildman–Crippen MR) is 67.9 cm³/mol. The Bertz CT molecular complexity index is 406. The molecule has 98 valence electrons. The number of aliphatic carboxylic acids is 1. The van der Waals surface area contributed by atoms with Gasteiger partial charge >= 0.3 is 5.97 Å². The molecule has 3 N–H and O–H groups in total. The molecule has 0 saturated carbocycles. The smallest absolute Gasteiger partial charge is 0.323 e. The molecule has 0 bridgehead atoms. The molecule has 1 amide bonds. The first-order chi connectivity index (χ1) is 8.56. The van der Waals surface area contributed by atoms with Crippen LogP contribution in [-0.4, -0.2) is 35.0 Å². The highest BCUT2D eigenvalue weighted by Crippen LogP contribution is 2.13. The van der Waals surface area contributed by atoms with Crippen LogP contribution in [0.25, 0.3) is 0 Å². The minimum atomic E-state index is -1.03. The van der Waals surface area contributed by atoms with E-state index in [1.54, 1.807) is 24.3 Å². The number of carboxylic acids is 1. The molecule has 0 radical (unpaired) electrons. The van der Waals surface area contributed by atoms with Crippen LogP contribution in [0.2, 0.25) is 0 Å². The quantitative estimate of drug-likeness (QED) is 0.789. The van der Waals surface area contributed by atoms with Gasteiger partial charge in [0, 0.05) is 6.54 Å². The van der Waals surface area contributed by atoms with Crippen LogP contribution < -0.4 is 5.73 Å². The Morgan fingerprint density at radius 2 is 1.94 bits per heavy atom. The summed E-state index contributed by atoms with van der Waals surface area (Å²) in [5.74, 6) is -1.39. The van der Waals surface area contributed by atoms with Gasteiger partial charge in [-0.1, -0.05) is 37.3 Å². The maximum atomic E-state index is 12.1. The van der Waals surface area contributed by atoms with E-state index in [-0.39, 0.29) is 12.5 Å². The topological polar surface area (TPSA) is 83.6 Å². The number of hydrogen-bond acceptors (Lipinski definition) is 3. The Hall–Kier alpha value is -1.88. The summed E-state index contributed by atoms with van der Waals surface area (Å²) in [5, 5.41) is 8.78. The average Bonchev–Trinajstić information content (AvgIpc) is 2.37. The largest absolute Gasteiger partial charge is 0.480 e. The van der Waals surface area contributed by atoms with Crippen molar-refractivity contribution in [3.8, 4) is 0 Å². The van der Waals surface area contributed by atoms with E-state index in [1.807, 2.05) is 13.0 Å². The highest BCUT2D eigenvalue weighted by atomic mass is 16.4. The van der Waals surface area contributed by atoms with E-state index in [1.165, 1.54) is 4.90 Å². The van der Waals surface area contributed by atoms with Gasteiger partial charge < -0.3 is 15.7 Å². The normalized spacial score (nSPS) is 11.9. The summed E-state index contributed by atoms with van der Waals surface area (Å²) in [6, 6.07) is 8.13. The minimum absolute atomic E-state index is 0.312. The number of carbonyl (C=O) groups is 2. The fourth-order valence-corrected chi connectivity index (χ4v) is 1.70. The Morgan fingerprint density at radius 3 is 2.44 bits per heavy atom. The van der Waals surface area contributed by atoms with Crippen molar-refractivity contribution in [2.24, 2.45) is 5.73 Å². The fraction of sp³-hybridized carbons (Fsp3) is 0.385. The van der Waals surface area contributed by atoms with Crippen LogP contribution in [0.1, 0.15) is 24.9 Å². The molecule has 1 unspecified atom stereocenters. The number of nitrogens with zero attached hydrogens (tertiary/aromatic N) is 1. The Kier molecular flexibility index (Phi) is 5.32. The zero-order valence-corrected chi connectivity index (χ0v) is 10.4. The minimum Gasteiger partial charge on any atom is -0.480 e. The SMILES string of the molecule is CCCN(CC(=O)O)C(=O)C(N)c1ccccc1. The first-order valence-corrected chi connectivity index (χ1v) is 5.87. The molecule has 0 aliphatic carbocycles. The zero-order chi connectivity index (χ0) is 13.5. The van der Waals surface area contributed by atoms with Gasteiger partial charge in [-0.3, -0.25) is 9.59 Å². The lowest BCUT2D eigenvalue weighted by Gasteiger charge is -2.23. The van der Waals surface area contributed by atoms with Gasteiger partial charge in [-0.15, -0.1) is 0 Å². The molecule has 0 spiro atoms. The third-order valence-corrected chi connectivity index (χ3v) is 2.56. The first kappa shape index (κ1) is 14.2. The summed E-state index contributed by atoms with van der Waals surface area (Å²) in [5.41, 5.74) is 6.55. The molecule has 0 aliphatic rings. The van der Waals surface area contributed by atoms with Gasteiger partial charge in [0.15, 0.2) is 0 Å². The molecule has 5 nitrogen and oxygen atoms in total. The Labute approximate surface area is 106 Å². The van der Waals surface area contributed by atoms with Gasteiger partial charge in [0.2, 0.25) is 5.91 Å². The monoisotopic (exact) mass is 250 g/mol. The van der Waals surface area contributed by atoms with Crippen LogP contribution >= 0.6 is 0 Å². The van der Waals surface area contributed by atoms with E-state index in [4.69, 9.17) is 10.8 Å². The molecule has 1 atom stereocenters. The van der Waals surface area contributed by atoms with Crippen molar-refractivity contribution in [3.63, 3.8) is 0 Å². The molecular weight excluding hydrogens is 232 g/mol. The molecule has 0 saturated heterocycles. The maximum Gasteiger partial charge on any atom is 0.323 e. The van der Waals surface area contributed by atoms with Crippen LogP contribution in [-0.2, 0) is 9.59 Å². The third-order valence-electron chi connectivity index (χ3n) is 2.56. The lowest BCUT2D eigenvalue weighted by molar-refractivity contribution is -0.145. The van der Waals surface area contributed by atoms with Crippen LogP contribution in [0, 0.1) is 0 Å². The number of hydrogen-bond donors (Lipinski definition) is 2. The summed E-state index contributed by atoms with van der Waals surface area (Å²) in [7, 11) is 0. The van der Waals surface area contributed by atoms with Crippen molar-refractivity contribution >= 4 is 11.9 Å². The maximum absolute atomic E-state index is 12.1. The Balaban J connectivity index is 2.79. The van der Waals surface area contributed by atoms with Crippen molar-refractivity contribution in [1.29, 1.82) is 0 Å². The zero-order valence-electron chi connectivity index (χ0n) is 10.4. The summed E-state index contributed by atoms with van der Waals surface area (Å²) >= 11 is 0. The molecule has 0 fully saturated rings.